The number of carbonyl (C=O) groups excluding carboxylic acids is 1. The first-order valence-corrected chi connectivity index (χ1v) is 18.9. The van der Waals surface area contributed by atoms with Gasteiger partial charge in [0.1, 0.15) is 0 Å². The number of aliphatic hydroxyl groups excluding tert-OH is 1. The maximum absolute atomic E-state index is 11.6. The van der Waals surface area contributed by atoms with Crippen molar-refractivity contribution in [1.29, 1.82) is 0 Å². The number of rotatable bonds is 6. The van der Waals surface area contributed by atoms with Crippen molar-refractivity contribution in [3.8, 4) is 0 Å². The van der Waals surface area contributed by atoms with Crippen LogP contribution in [-0.4, -0.2) is 41.0 Å². The minimum absolute atomic E-state index is 0.280. The molecule has 1 aliphatic rings. The average molecular weight is 461 g/mol. The van der Waals surface area contributed by atoms with Crippen molar-refractivity contribution in [3.63, 3.8) is 0 Å². The van der Waals surface area contributed by atoms with Crippen LogP contribution in [0.1, 0.15) is 38.7 Å². The molecule has 0 saturated carbocycles. The second-order valence-corrected chi connectivity index (χ2v) is 22.1. The Hall–Kier alpha value is -1.44. The van der Waals surface area contributed by atoms with E-state index in [1.807, 2.05) is 19.2 Å². The number of nitrogens with one attached hydrogen (secondary N) is 1. The molecule has 1 atom stereocenters. The monoisotopic (exact) mass is 462 g/mol. The molecule has 5 nitrogen and oxygen atoms in total. The van der Waals surface area contributed by atoms with Crippen LogP contribution < -0.4 is 9.03 Å². The zero-order valence-electron chi connectivity index (χ0n) is 15.8. The minimum Gasteiger partial charge on any atom is -0.457 e. The molecule has 6 heteroatoms. The van der Waals surface area contributed by atoms with Crippen molar-refractivity contribution in [2.45, 2.75) is 41.0 Å². The Morgan fingerprint density at radius 1 is 1.27 bits per heavy atom. The fraction of sp³-hybridized carbons (Fsp3) is 0.400. The van der Waals surface area contributed by atoms with Gasteiger partial charge in [-0.1, -0.05) is 0 Å². The standard InChI is InChI=1S/C17H17N2O3.3CH3.Sn/c1-11-13(4-5-14-15(11)10-22-17(14)21)16(20)9-19-8-12-3-2-6-18-7-12;;;;/h2-5,7,16,19-20H,8-10H2,1H3;3*1H3;. The molecule has 1 aromatic heterocycles. The van der Waals surface area contributed by atoms with E-state index in [4.69, 9.17) is 4.74 Å². The van der Waals surface area contributed by atoms with Crippen LogP contribution in [0.3, 0.4) is 0 Å². The molecule has 0 amide bonds. The number of fused-ring (bicyclic) bond motifs is 1. The average Bonchev–Trinajstić information content (AvgIpc) is 2.97. The van der Waals surface area contributed by atoms with E-state index in [0.29, 0.717) is 25.3 Å². The van der Waals surface area contributed by atoms with Gasteiger partial charge in [-0.2, -0.15) is 0 Å². The van der Waals surface area contributed by atoms with Crippen LogP contribution in [-0.2, 0) is 17.9 Å². The molecule has 26 heavy (non-hydrogen) atoms. The number of pyridine rings is 1. The molecule has 0 radical (unpaired) electrons. The summed E-state index contributed by atoms with van der Waals surface area (Å²) in [6.45, 7) is 3.33. The quantitative estimate of drug-likeness (QED) is 0.511. The molecule has 3 rings (SSSR count). The van der Waals surface area contributed by atoms with E-state index in [1.165, 1.54) is 3.71 Å². The summed E-state index contributed by atoms with van der Waals surface area (Å²) >= 11 is -2.10. The zero-order chi connectivity index (χ0) is 18.9. The second-order valence-electron chi connectivity index (χ2n) is 7.83. The van der Waals surface area contributed by atoms with Gasteiger partial charge in [0.25, 0.3) is 0 Å². The molecule has 2 heterocycles. The van der Waals surface area contributed by atoms with E-state index in [1.54, 1.807) is 6.07 Å². The van der Waals surface area contributed by atoms with Gasteiger partial charge in [0.05, 0.1) is 0 Å². The summed E-state index contributed by atoms with van der Waals surface area (Å²) in [6.07, 6.45) is 1.30. The molecule has 1 unspecified atom stereocenters. The molecule has 0 aliphatic carbocycles. The van der Waals surface area contributed by atoms with Crippen molar-refractivity contribution in [2.24, 2.45) is 0 Å². The topological polar surface area (TPSA) is 71.4 Å². The van der Waals surface area contributed by atoms with E-state index in [0.717, 1.165) is 22.3 Å². The number of aliphatic hydroxyl groups is 1. The van der Waals surface area contributed by atoms with Gasteiger partial charge in [-0.3, -0.25) is 0 Å². The Labute approximate surface area is 158 Å². The Bertz CT molecular complexity index is 813. The smallest absolute Gasteiger partial charge is 0.457 e. The van der Waals surface area contributed by atoms with Gasteiger partial charge in [-0.25, -0.2) is 4.79 Å². The molecular weight excluding hydrogens is 435 g/mol. The van der Waals surface area contributed by atoms with Gasteiger partial charge in [-0.05, 0) is 0 Å². The van der Waals surface area contributed by atoms with E-state index in [9.17, 15) is 9.90 Å². The molecule has 0 fully saturated rings. The maximum atomic E-state index is 11.6. The Balaban J connectivity index is 1.60. The van der Waals surface area contributed by atoms with E-state index in [-0.39, 0.29) is 5.97 Å². The molecule has 0 spiro atoms. The zero-order valence-corrected chi connectivity index (χ0v) is 18.7. The SMILES string of the molecule is Cc1c(C(O)CNCc2cc[c]([Sn]([CH3])([CH3])[CH3])nc2)ccc2c1COC2=O. The number of aromatic nitrogens is 1. The predicted octanol–water partition coefficient (Wildman–Crippen LogP) is 2.43. The third kappa shape index (κ3) is 4.10. The van der Waals surface area contributed by atoms with Crippen LogP contribution in [0.2, 0.25) is 14.8 Å². The van der Waals surface area contributed by atoms with Gasteiger partial charge < -0.3 is 4.74 Å². The molecule has 0 saturated heterocycles. The van der Waals surface area contributed by atoms with E-state index < -0.39 is 24.5 Å². The summed E-state index contributed by atoms with van der Waals surface area (Å²) in [5.41, 5.74) is 4.39. The minimum atomic E-state index is -2.10. The summed E-state index contributed by atoms with van der Waals surface area (Å²) in [6, 6.07) is 7.83. The fourth-order valence-electron chi connectivity index (χ4n) is 3.16. The number of nitrogens with zero attached hydrogens (tertiary/aromatic N) is 1. The van der Waals surface area contributed by atoms with Crippen LogP contribution in [0, 0.1) is 6.92 Å². The Morgan fingerprint density at radius 2 is 2.04 bits per heavy atom. The van der Waals surface area contributed by atoms with E-state index in [2.05, 4.69) is 37.3 Å². The first-order valence-electron chi connectivity index (χ1n) is 8.91. The van der Waals surface area contributed by atoms with Gasteiger partial charge in [0.15, 0.2) is 0 Å². The first kappa shape index (κ1) is 19.3. The van der Waals surface area contributed by atoms with Gasteiger partial charge >= 0.3 is 149 Å². The number of hydrogen-bond donors (Lipinski definition) is 2. The third-order valence-electron chi connectivity index (χ3n) is 4.83. The third-order valence-corrected chi connectivity index (χ3v) is 10.1. The summed E-state index contributed by atoms with van der Waals surface area (Å²) < 4.78 is 6.34. The van der Waals surface area contributed by atoms with Gasteiger partial charge in [-0.15, -0.1) is 0 Å². The molecular formula is C20H26N2O3Sn. The molecule has 138 valence electrons. The van der Waals surface area contributed by atoms with Crippen molar-refractivity contribution in [1.82, 2.24) is 10.3 Å². The Kier molecular flexibility index (Phi) is 5.69. The van der Waals surface area contributed by atoms with Crippen molar-refractivity contribution >= 4 is 28.1 Å². The van der Waals surface area contributed by atoms with Crippen molar-refractivity contribution in [3.05, 3.63) is 58.3 Å². The number of ether oxygens (including phenoxy) is 1. The Morgan fingerprint density at radius 3 is 2.69 bits per heavy atom. The number of esters is 1. The first-order chi connectivity index (χ1) is 12.3. The molecule has 0 bridgehead atoms. The molecule has 2 N–H and O–H groups in total. The van der Waals surface area contributed by atoms with Crippen LogP contribution in [0.25, 0.3) is 0 Å². The number of carbonyl (C=O) groups is 1. The summed E-state index contributed by atoms with van der Waals surface area (Å²) in [4.78, 5) is 23.3. The molecule has 1 aromatic carbocycles. The number of hydrogen-bond acceptors (Lipinski definition) is 5. The molecule has 1 aliphatic heterocycles. The predicted molar refractivity (Wildman–Crippen MR) is 104 cm³/mol. The summed E-state index contributed by atoms with van der Waals surface area (Å²) in [5.74, 6) is -0.280. The summed E-state index contributed by atoms with van der Waals surface area (Å²) in [7, 11) is 0. The van der Waals surface area contributed by atoms with E-state index >= 15 is 0 Å². The van der Waals surface area contributed by atoms with Crippen molar-refractivity contribution in [2.75, 3.05) is 6.54 Å². The van der Waals surface area contributed by atoms with Crippen LogP contribution in [0.5, 0.6) is 0 Å². The van der Waals surface area contributed by atoms with Crippen LogP contribution in [0.4, 0.5) is 0 Å². The van der Waals surface area contributed by atoms with Crippen molar-refractivity contribution < 1.29 is 14.6 Å². The molecule has 2 aromatic rings. The van der Waals surface area contributed by atoms with Crippen LogP contribution >= 0.6 is 0 Å². The fourth-order valence-corrected chi connectivity index (χ4v) is 6.12. The van der Waals surface area contributed by atoms with Gasteiger partial charge in [0, 0.05) is 0 Å². The normalized spacial score (nSPS) is 14.9. The number of cyclic esters (lactones) is 1. The summed E-state index contributed by atoms with van der Waals surface area (Å²) in [5, 5.41) is 13.8. The van der Waals surface area contributed by atoms with Crippen LogP contribution in [0.15, 0.2) is 30.5 Å². The number of benzene rings is 1. The second kappa shape index (κ2) is 7.66. The van der Waals surface area contributed by atoms with Gasteiger partial charge in [0.2, 0.25) is 0 Å².